The average Bonchev–Trinajstić information content (AvgIpc) is 2.98. The quantitative estimate of drug-likeness (QED) is 0.853. The first-order valence-corrected chi connectivity index (χ1v) is 5.95. The van der Waals surface area contributed by atoms with Crippen LogP contribution in [0.15, 0.2) is 24.5 Å². The molecule has 3 nitrogen and oxygen atoms in total. The van der Waals surface area contributed by atoms with E-state index in [1.54, 1.807) is 0 Å². The predicted octanol–water partition coefficient (Wildman–Crippen LogP) is 2.26. The van der Waals surface area contributed by atoms with Crippen molar-refractivity contribution in [3.63, 3.8) is 0 Å². The summed E-state index contributed by atoms with van der Waals surface area (Å²) in [5.41, 5.74) is 9.45. The summed E-state index contributed by atoms with van der Waals surface area (Å²) in [5.74, 6) is 0. The van der Waals surface area contributed by atoms with Gasteiger partial charge in [0.05, 0.1) is 17.4 Å². The molecule has 1 atom stereocenters. The molecule has 16 heavy (non-hydrogen) atoms. The van der Waals surface area contributed by atoms with Crippen molar-refractivity contribution >= 4 is 11.0 Å². The SMILES string of the molecule is CC(N)Cc1ccc2c(c1)ncn2C1CC1. The zero-order valence-electron chi connectivity index (χ0n) is 9.56. The maximum atomic E-state index is 5.81. The highest BCUT2D eigenvalue weighted by Gasteiger charge is 2.24. The van der Waals surface area contributed by atoms with E-state index >= 15 is 0 Å². The van der Waals surface area contributed by atoms with Crippen molar-refractivity contribution in [3.8, 4) is 0 Å². The van der Waals surface area contributed by atoms with Crippen LogP contribution in [0.2, 0.25) is 0 Å². The summed E-state index contributed by atoms with van der Waals surface area (Å²) in [6.45, 7) is 2.03. The van der Waals surface area contributed by atoms with Crippen LogP contribution in [-0.4, -0.2) is 15.6 Å². The first-order valence-electron chi connectivity index (χ1n) is 5.95. The third-order valence-electron chi connectivity index (χ3n) is 3.14. The van der Waals surface area contributed by atoms with Crippen molar-refractivity contribution in [2.45, 2.75) is 38.3 Å². The van der Waals surface area contributed by atoms with Gasteiger partial charge in [-0.05, 0) is 43.9 Å². The molecule has 0 saturated heterocycles. The van der Waals surface area contributed by atoms with Crippen LogP contribution in [-0.2, 0) is 6.42 Å². The Labute approximate surface area is 95.3 Å². The van der Waals surface area contributed by atoms with Crippen LogP contribution in [0.1, 0.15) is 31.4 Å². The van der Waals surface area contributed by atoms with Gasteiger partial charge in [-0.2, -0.15) is 0 Å². The first-order chi connectivity index (χ1) is 7.74. The van der Waals surface area contributed by atoms with E-state index in [4.69, 9.17) is 5.73 Å². The van der Waals surface area contributed by atoms with E-state index < -0.39 is 0 Å². The molecule has 1 aliphatic rings. The number of aromatic nitrogens is 2. The number of rotatable bonds is 3. The molecule has 0 radical (unpaired) electrons. The zero-order chi connectivity index (χ0) is 11.1. The van der Waals surface area contributed by atoms with Crippen LogP contribution in [0.25, 0.3) is 11.0 Å². The van der Waals surface area contributed by atoms with E-state index in [2.05, 4.69) is 27.8 Å². The van der Waals surface area contributed by atoms with Crippen LogP contribution in [0.3, 0.4) is 0 Å². The van der Waals surface area contributed by atoms with Crippen molar-refractivity contribution in [1.29, 1.82) is 0 Å². The summed E-state index contributed by atoms with van der Waals surface area (Å²) in [5, 5.41) is 0. The highest BCUT2D eigenvalue weighted by molar-refractivity contribution is 5.76. The Bertz CT molecular complexity index is 509. The summed E-state index contributed by atoms with van der Waals surface area (Å²) in [7, 11) is 0. The van der Waals surface area contributed by atoms with Gasteiger partial charge in [0.25, 0.3) is 0 Å². The van der Waals surface area contributed by atoms with Crippen LogP contribution in [0.4, 0.5) is 0 Å². The number of fused-ring (bicyclic) bond motifs is 1. The molecule has 84 valence electrons. The molecule has 1 heterocycles. The Kier molecular flexibility index (Phi) is 2.21. The zero-order valence-corrected chi connectivity index (χ0v) is 9.56. The lowest BCUT2D eigenvalue weighted by Crippen LogP contribution is -2.17. The number of imidazole rings is 1. The van der Waals surface area contributed by atoms with E-state index in [-0.39, 0.29) is 6.04 Å². The first kappa shape index (κ1) is 9.85. The van der Waals surface area contributed by atoms with Crippen molar-refractivity contribution in [3.05, 3.63) is 30.1 Å². The summed E-state index contributed by atoms with van der Waals surface area (Å²) >= 11 is 0. The van der Waals surface area contributed by atoms with Gasteiger partial charge in [0, 0.05) is 12.1 Å². The fourth-order valence-electron chi connectivity index (χ4n) is 2.22. The van der Waals surface area contributed by atoms with Crippen LogP contribution < -0.4 is 5.73 Å². The van der Waals surface area contributed by atoms with E-state index in [9.17, 15) is 0 Å². The molecule has 1 fully saturated rings. The molecule has 0 bridgehead atoms. The fraction of sp³-hybridized carbons (Fsp3) is 0.462. The largest absolute Gasteiger partial charge is 0.328 e. The third kappa shape index (κ3) is 1.71. The minimum absolute atomic E-state index is 0.211. The molecular weight excluding hydrogens is 198 g/mol. The lowest BCUT2D eigenvalue weighted by atomic mass is 10.1. The van der Waals surface area contributed by atoms with E-state index in [0.29, 0.717) is 6.04 Å². The van der Waals surface area contributed by atoms with Gasteiger partial charge >= 0.3 is 0 Å². The van der Waals surface area contributed by atoms with Gasteiger partial charge in [-0.3, -0.25) is 0 Å². The lowest BCUT2D eigenvalue weighted by molar-refractivity contribution is 0.738. The molecule has 1 aromatic carbocycles. The van der Waals surface area contributed by atoms with Crippen molar-refractivity contribution < 1.29 is 0 Å². The predicted molar refractivity (Wildman–Crippen MR) is 65.4 cm³/mol. The van der Waals surface area contributed by atoms with Crippen LogP contribution in [0, 0.1) is 0 Å². The molecule has 1 unspecified atom stereocenters. The molecule has 3 rings (SSSR count). The highest BCUT2D eigenvalue weighted by atomic mass is 15.1. The number of nitrogens with two attached hydrogens (primary N) is 1. The third-order valence-corrected chi connectivity index (χ3v) is 3.14. The minimum Gasteiger partial charge on any atom is -0.328 e. The van der Waals surface area contributed by atoms with Gasteiger partial charge in [0.1, 0.15) is 0 Å². The fourth-order valence-corrected chi connectivity index (χ4v) is 2.22. The molecule has 0 aliphatic heterocycles. The Morgan fingerprint density at radius 3 is 3.00 bits per heavy atom. The van der Waals surface area contributed by atoms with E-state index in [1.807, 2.05) is 13.3 Å². The molecule has 1 aliphatic carbocycles. The van der Waals surface area contributed by atoms with Crippen LogP contribution >= 0.6 is 0 Å². The summed E-state index contributed by atoms with van der Waals surface area (Å²) in [4.78, 5) is 4.47. The van der Waals surface area contributed by atoms with Gasteiger partial charge < -0.3 is 10.3 Å². The number of hydrogen-bond donors (Lipinski definition) is 1. The molecule has 0 spiro atoms. The van der Waals surface area contributed by atoms with Crippen molar-refractivity contribution in [2.24, 2.45) is 5.73 Å². The van der Waals surface area contributed by atoms with E-state index in [1.165, 1.54) is 23.9 Å². The van der Waals surface area contributed by atoms with Crippen molar-refractivity contribution in [1.82, 2.24) is 9.55 Å². The van der Waals surface area contributed by atoms with Gasteiger partial charge in [-0.15, -0.1) is 0 Å². The molecule has 3 heteroatoms. The molecule has 1 saturated carbocycles. The average molecular weight is 215 g/mol. The molecule has 1 aromatic heterocycles. The second kappa shape index (κ2) is 3.59. The number of hydrogen-bond acceptors (Lipinski definition) is 2. The monoisotopic (exact) mass is 215 g/mol. The van der Waals surface area contributed by atoms with Gasteiger partial charge in [0.2, 0.25) is 0 Å². The van der Waals surface area contributed by atoms with E-state index in [0.717, 1.165) is 11.9 Å². The summed E-state index contributed by atoms with van der Waals surface area (Å²) < 4.78 is 2.30. The van der Waals surface area contributed by atoms with Crippen LogP contribution in [0.5, 0.6) is 0 Å². The summed E-state index contributed by atoms with van der Waals surface area (Å²) in [6, 6.07) is 7.43. The molecular formula is C13H17N3. The second-order valence-electron chi connectivity index (χ2n) is 4.89. The Morgan fingerprint density at radius 1 is 1.50 bits per heavy atom. The standard InChI is InChI=1S/C13H17N3/c1-9(14)6-10-2-5-13-12(7-10)15-8-16(13)11-3-4-11/h2,5,7-9,11H,3-4,6,14H2,1H3. The molecule has 0 amide bonds. The summed E-state index contributed by atoms with van der Waals surface area (Å²) in [6.07, 6.45) is 5.49. The molecule has 2 N–H and O–H groups in total. The van der Waals surface area contributed by atoms with Gasteiger partial charge in [-0.25, -0.2) is 4.98 Å². The second-order valence-corrected chi connectivity index (χ2v) is 4.89. The lowest BCUT2D eigenvalue weighted by Gasteiger charge is -2.05. The van der Waals surface area contributed by atoms with Gasteiger partial charge in [-0.1, -0.05) is 6.07 Å². The molecule has 2 aromatic rings. The highest BCUT2D eigenvalue weighted by Crippen LogP contribution is 2.37. The Hall–Kier alpha value is -1.35. The number of benzene rings is 1. The topological polar surface area (TPSA) is 43.8 Å². The smallest absolute Gasteiger partial charge is 0.0960 e. The Balaban J connectivity index is 1.99. The maximum absolute atomic E-state index is 5.81. The number of nitrogens with zero attached hydrogens (tertiary/aromatic N) is 2. The maximum Gasteiger partial charge on any atom is 0.0960 e. The Morgan fingerprint density at radius 2 is 2.31 bits per heavy atom. The normalized spacial score (nSPS) is 17.9. The van der Waals surface area contributed by atoms with Crippen molar-refractivity contribution in [2.75, 3.05) is 0 Å². The van der Waals surface area contributed by atoms with Gasteiger partial charge in [0.15, 0.2) is 0 Å². The minimum atomic E-state index is 0.211.